The fraction of sp³-hybridized carbons (Fsp3) is 0.381. The Morgan fingerprint density at radius 1 is 1.07 bits per heavy atom. The van der Waals surface area contributed by atoms with Gasteiger partial charge in [0.25, 0.3) is 0 Å². The van der Waals surface area contributed by atoms with Crippen LogP contribution in [0.5, 0.6) is 0 Å². The van der Waals surface area contributed by atoms with E-state index >= 15 is 0 Å². The highest BCUT2D eigenvalue weighted by atomic mass is 35.5. The maximum atomic E-state index is 14.2. The number of hydrogen-bond acceptors (Lipinski definition) is 3. The van der Waals surface area contributed by atoms with Crippen LogP contribution in [-0.2, 0) is 22.6 Å². The predicted octanol–water partition coefficient (Wildman–Crippen LogP) is 3.48. The van der Waals surface area contributed by atoms with Crippen LogP contribution in [-0.4, -0.2) is 47.5 Å². The number of ether oxygens (including phenoxy) is 1. The molecule has 2 aromatic rings. The van der Waals surface area contributed by atoms with Crippen LogP contribution in [0.3, 0.4) is 0 Å². The molecule has 0 unspecified atom stereocenters. The van der Waals surface area contributed by atoms with Crippen molar-refractivity contribution >= 4 is 17.5 Å². The molecule has 2 aliphatic rings. The molecule has 142 valence electrons. The summed E-state index contributed by atoms with van der Waals surface area (Å²) in [5.74, 6) is -0.190. The van der Waals surface area contributed by atoms with E-state index in [4.69, 9.17) is 16.3 Å². The van der Waals surface area contributed by atoms with Crippen molar-refractivity contribution in [3.8, 4) is 0 Å². The SMILES string of the molecule is O=C1CCO[C@H]2CN(Cc3c(F)cccc3Cl)C[C@@H]2N1Cc1ccccc1. The lowest BCUT2D eigenvalue weighted by molar-refractivity contribution is -0.133. The van der Waals surface area contributed by atoms with Crippen LogP contribution in [0.15, 0.2) is 48.5 Å². The summed E-state index contributed by atoms with van der Waals surface area (Å²) in [6.07, 6.45) is 0.338. The number of nitrogens with zero attached hydrogens (tertiary/aromatic N) is 2. The molecule has 1 amide bonds. The summed E-state index contributed by atoms with van der Waals surface area (Å²) in [5.41, 5.74) is 1.60. The van der Waals surface area contributed by atoms with Crippen LogP contribution in [0.2, 0.25) is 5.02 Å². The lowest BCUT2D eigenvalue weighted by atomic mass is 10.1. The zero-order chi connectivity index (χ0) is 18.8. The first-order valence-corrected chi connectivity index (χ1v) is 9.60. The quantitative estimate of drug-likeness (QED) is 0.803. The molecule has 4 rings (SSSR count). The Balaban J connectivity index is 1.52. The molecule has 6 heteroatoms. The molecule has 0 bridgehead atoms. The molecular formula is C21H22ClFN2O2. The molecule has 27 heavy (non-hydrogen) atoms. The van der Waals surface area contributed by atoms with E-state index in [1.807, 2.05) is 35.2 Å². The Labute approximate surface area is 163 Å². The highest BCUT2D eigenvalue weighted by Gasteiger charge is 2.41. The van der Waals surface area contributed by atoms with Gasteiger partial charge in [0, 0.05) is 36.8 Å². The van der Waals surface area contributed by atoms with Crippen molar-refractivity contribution in [2.45, 2.75) is 31.7 Å². The summed E-state index contributed by atoms with van der Waals surface area (Å²) in [7, 11) is 0. The molecule has 0 radical (unpaired) electrons. The summed E-state index contributed by atoms with van der Waals surface area (Å²) in [4.78, 5) is 16.7. The lowest BCUT2D eigenvalue weighted by Gasteiger charge is -2.30. The van der Waals surface area contributed by atoms with E-state index in [0.717, 1.165) is 5.56 Å². The number of carbonyl (C=O) groups is 1. The van der Waals surface area contributed by atoms with Gasteiger partial charge >= 0.3 is 0 Å². The van der Waals surface area contributed by atoms with Crippen LogP contribution in [0, 0.1) is 5.82 Å². The van der Waals surface area contributed by atoms with E-state index < -0.39 is 0 Å². The summed E-state index contributed by atoms with van der Waals surface area (Å²) in [5, 5.41) is 0.431. The minimum atomic E-state index is -0.298. The summed E-state index contributed by atoms with van der Waals surface area (Å²) >= 11 is 6.18. The van der Waals surface area contributed by atoms with Crippen molar-refractivity contribution < 1.29 is 13.9 Å². The number of rotatable bonds is 4. The van der Waals surface area contributed by atoms with Gasteiger partial charge in [-0.15, -0.1) is 0 Å². The van der Waals surface area contributed by atoms with Gasteiger partial charge in [-0.05, 0) is 17.7 Å². The van der Waals surface area contributed by atoms with Gasteiger partial charge in [-0.3, -0.25) is 9.69 Å². The number of carbonyl (C=O) groups excluding carboxylic acids is 1. The fourth-order valence-corrected chi connectivity index (χ4v) is 4.17. The van der Waals surface area contributed by atoms with Crippen molar-refractivity contribution in [2.24, 2.45) is 0 Å². The van der Waals surface area contributed by atoms with Crippen LogP contribution in [0.4, 0.5) is 4.39 Å². The van der Waals surface area contributed by atoms with Gasteiger partial charge in [0.2, 0.25) is 5.91 Å². The largest absolute Gasteiger partial charge is 0.374 e. The van der Waals surface area contributed by atoms with Crippen molar-refractivity contribution in [3.63, 3.8) is 0 Å². The third-order valence-electron chi connectivity index (χ3n) is 5.32. The van der Waals surface area contributed by atoms with E-state index in [9.17, 15) is 9.18 Å². The average Bonchev–Trinajstić information content (AvgIpc) is 3.00. The average molecular weight is 389 g/mol. The Bertz CT molecular complexity index is 797. The normalized spacial score (nSPS) is 23.3. The third-order valence-corrected chi connectivity index (χ3v) is 5.67. The molecule has 2 aliphatic heterocycles. The van der Waals surface area contributed by atoms with E-state index in [-0.39, 0.29) is 23.9 Å². The molecule has 2 fully saturated rings. The van der Waals surface area contributed by atoms with Crippen LogP contribution < -0.4 is 0 Å². The van der Waals surface area contributed by atoms with Gasteiger partial charge in [-0.2, -0.15) is 0 Å². The molecule has 2 atom stereocenters. The molecular weight excluding hydrogens is 367 g/mol. The number of halogens is 2. The summed E-state index contributed by atoms with van der Waals surface area (Å²) in [6.45, 7) is 2.72. The Morgan fingerprint density at radius 2 is 1.89 bits per heavy atom. The maximum absolute atomic E-state index is 14.2. The van der Waals surface area contributed by atoms with Gasteiger partial charge in [0.05, 0.1) is 25.2 Å². The van der Waals surface area contributed by atoms with Crippen molar-refractivity contribution in [2.75, 3.05) is 19.7 Å². The minimum Gasteiger partial charge on any atom is -0.374 e. The molecule has 0 aromatic heterocycles. The Morgan fingerprint density at radius 3 is 2.67 bits per heavy atom. The van der Waals surface area contributed by atoms with E-state index in [1.165, 1.54) is 6.07 Å². The fourth-order valence-electron chi connectivity index (χ4n) is 3.94. The minimum absolute atomic E-state index is 0.0363. The molecule has 2 aromatic carbocycles. The van der Waals surface area contributed by atoms with E-state index in [1.54, 1.807) is 12.1 Å². The number of hydrogen-bond donors (Lipinski definition) is 0. The smallest absolute Gasteiger partial charge is 0.225 e. The first kappa shape index (κ1) is 18.4. The van der Waals surface area contributed by atoms with Crippen LogP contribution in [0.25, 0.3) is 0 Å². The molecule has 0 N–H and O–H groups in total. The first-order valence-electron chi connectivity index (χ1n) is 9.22. The highest BCUT2D eigenvalue weighted by molar-refractivity contribution is 6.31. The first-order chi connectivity index (χ1) is 13.1. The monoisotopic (exact) mass is 388 g/mol. The molecule has 2 heterocycles. The number of amides is 1. The van der Waals surface area contributed by atoms with Gasteiger partial charge in [0.1, 0.15) is 5.82 Å². The third kappa shape index (κ3) is 4.00. The molecule has 0 aliphatic carbocycles. The Kier molecular flexibility index (Phi) is 5.43. The lowest BCUT2D eigenvalue weighted by Crippen LogP contribution is -2.45. The predicted molar refractivity (Wildman–Crippen MR) is 102 cm³/mol. The van der Waals surface area contributed by atoms with Crippen molar-refractivity contribution in [1.82, 2.24) is 9.80 Å². The zero-order valence-electron chi connectivity index (χ0n) is 15.0. The van der Waals surface area contributed by atoms with E-state index in [2.05, 4.69) is 4.90 Å². The standard InChI is InChI=1S/C21H22ClFN2O2/c22-17-7-4-8-18(23)16(17)12-24-13-19-20(14-24)27-10-9-21(26)25(19)11-15-5-2-1-3-6-15/h1-8,19-20H,9-14H2/t19-,20-/m0/s1. The summed E-state index contributed by atoms with van der Waals surface area (Å²) < 4.78 is 20.1. The highest BCUT2D eigenvalue weighted by Crippen LogP contribution is 2.28. The number of likely N-dealkylation sites (tertiary alicyclic amines) is 1. The molecule has 2 saturated heterocycles. The van der Waals surface area contributed by atoms with Gasteiger partial charge < -0.3 is 9.64 Å². The van der Waals surface area contributed by atoms with Gasteiger partial charge in [-0.1, -0.05) is 48.0 Å². The van der Waals surface area contributed by atoms with Gasteiger partial charge in [-0.25, -0.2) is 4.39 Å². The number of benzene rings is 2. The van der Waals surface area contributed by atoms with Gasteiger partial charge in [0.15, 0.2) is 0 Å². The molecule has 0 saturated carbocycles. The Hall–Kier alpha value is -1.95. The molecule has 0 spiro atoms. The van der Waals surface area contributed by atoms with Crippen molar-refractivity contribution in [3.05, 3.63) is 70.5 Å². The van der Waals surface area contributed by atoms with Crippen LogP contribution in [0.1, 0.15) is 17.5 Å². The summed E-state index contributed by atoms with van der Waals surface area (Å²) in [6, 6.07) is 14.7. The second kappa shape index (κ2) is 7.97. The van der Waals surface area contributed by atoms with Crippen molar-refractivity contribution in [1.29, 1.82) is 0 Å². The zero-order valence-corrected chi connectivity index (χ0v) is 15.7. The van der Waals surface area contributed by atoms with Crippen LogP contribution >= 0.6 is 11.6 Å². The topological polar surface area (TPSA) is 32.8 Å². The number of fused-ring (bicyclic) bond motifs is 1. The second-order valence-corrected chi connectivity index (χ2v) is 7.54. The second-order valence-electron chi connectivity index (χ2n) is 7.13. The van der Waals surface area contributed by atoms with E-state index in [0.29, 0.717) is 49.8 Å². The molecule has 4 nitrogen and oxygen atoms in total. The maximum Gasteiger partial charge on any atom is 0.225 e.